The standard InChI is InChI=1S/C21H31N5O5/c1-21(2,3)31-20(30)25-15(9-6-10-24-19(22)23)17(27)26-12-14-8-5-4-7-13(14)11-16(26)18(28)29/h4-5,7-8,15-16H,6,9-12H2,1-3H3,(H,25,30)(H,28,29)(H4,22,23,24)/t15-,16-/m0/s1. The molecule has 1 heterocycles. The van der Waals surface area contributed by atoms with Gasteiger partial charge < -0.3 is 31.1 Å². The van der Waals surface area contributed by atoms with E-state index in [1.807, 2.05) is 24.3 Å². The molecule has 0 saturated heterocycles. The SMILES string of the molecule is CC(C)(C)OC(=O)N[C@@H](CCCNC(=N)N)C(=O)N1Cc2ccccc2C[C@H]1C(=O)O. The van der Waals surface area contributed by atoms with E-state index < -0.39 is 35.7 Å². The summed E-state index contributed by atoms with van der Waals surface area (Å²) in [6.45, 7) is 5.61. The molecule has 1 aliphatic heterocycles. The van der Waals surface area contributed by atoms with Crippen LogP contribution in [0.5, 0.6) is 0 Å². The Bertz CT molecular complexity index is 836. The van der Waals surface area contributed by atoms with E-state index in [2.05, 4.69) is 10.6 Å². The Morgan fingerprint density at radius 3 is 2.52 bits per heavy atom. The number of nitrogens with two attached hydrogens (primary N) is 1. The molecule has 6 N–H and O–H groups in total. The number of rotatable bonds is 7. The van der Waals surface area contributed by atoms with Crippen LogP contribution in [0.4, 0.5) is 4.79 Å². The Balaban J connectivity index is 2.21. The molecule has 0 bridgehead atoms. The molecule has 2 rings (SSSR count). The molecule has 0 saturated carbocycles. The molecule has 170 valence electrons. The third-order valence-corrected chi connectivity index (χ3v) is 4.79. The molecule has 0 fully saturated rings. The number of carboxylic acids is 1. The minimum atomic E-state index is -1.10. The van der Waals surface area contributed by atoms with E-state index in [0.29, 0.717) is 13.0 Å². The van der Waals surface area contributed by atoms with Crippen molar-refractivity contribution < 1.29 is 24.2 Å². The molecule has 31 heavy (non-hydrogen) atoms. The smallest absolute Gasteiger partial charge is 0.408 e. The molecule has 0 unspecified atom stereocenters. The van der Waals surface area contributed by atoms with E-state index >= 15 is 0 Å². The number of ether oxygens (including phenoxy) is 1. The van der Waals surface area contributed by atoms with Crippen LogP contribution in [0.1, 0.15) is 44.7 Å². The molecule has 1 aromatic carbocycles. The third-order valence-electron chi connectivity index (χ3n) is 4.79. The first-order valence-corrected chi connectivity index (χ1v) is 10.2. The highest BCUT2D eigenvalue weighted by Crippen LogP contribution is 2.25. The number of nitrogens with zero attached hydrogens (tertiary/aromatic N) is 1. The summed E-state index contributed by atoms with van der Waals surface area (Å²) in [4.78, 5) is 38.9. The van der Waals surface area contributed by atoms with Gasteiger partial charge in [-0.05, 0) is 44.7 Å². The molecule has 2 atom stereocenters. The number of alkyl carbamates (subject to hydrolysis) is 1. The fraction of sp³-hybridized carbons (Fsp3) is 0.524. The number of guanidine groups is 1. The zero-order valence-electron chi connectivity index (χ0n) is 18.1. The fourth-order valence-electron chi connectivity index (χ4n) is 3.41. The van der Waals surface area contributed by atoms with E-state index in [0.717, 1.165) is 11.1 Å². The first-order valence-electron chi connectivity index (χ1n) is 10.2. The summed E-state index contributed by atoms with van der Waals surface area (Å²) in [7, 11) is 0. The Hall–Kier alpha value is -3.30. The van der Waals surface area contributed by atoms with E-state index in [1.54, 1.807) is 20.8 Å². The van der Waals surface area contributed by atoms with Crippen molar-refractivity contribution in [2.75, 3.05) is 6.54 Å². The summed E-state index contributed by atoms with van der Waals surface area (Å²) in [5.74, 6) is -1.78. The molecule has 0 aromatic heterocycles. The van der Waals surface area contributed by atoms with Crippen LogP contribution in [0.25, 0.3) is 0 Å². The van der Waals surface area contributed by atoms with Gasteiger partial charge in [0.25, 0.3) is 0 Å². The van der Waals surface area contributed by atoms with Crippen molar-refractivity contribution in [3.05, 3.63) is 35.4 Å². The monoisotopic (exact) mass is 433 g/mol. The van der Waals surface area contributed by atoms with Crippen LogP contribution < -0.4 is 16.4 Å². The van der Waals surface area contributed by atoms with Crippen LogP contribution in [-0.4, -0.2) is 58.2 Å². The van der Waals surface area contributed by atoms with Crippen molar-refractivity contribution in [3.63, 3.8) is 0 Å². The maximum atomic E-state index is 13.4. The zero-order valence-corrected chi connectivity index (χ0v) is 18.1. The van der Waals surface area contributed by atoms with Crippen LogP contribution in [0.3, 0.4) is 0 Å². The van der Waals surface area contributed by atoms with Crippen LogP contribution in [0, 0.1) is 5.41 Å². The fourth-order valence-corrected chi connectivity index (χ4v) is 3.41. The van der Waals surface area contributed by atoms with Gasteiger partial charge in [0.05, 0.1) is 0 Å². The summed E-state index contributed by atoms with van der Waals surface area (Å²) in [5, 5.41) is 22.2. The second-order valence-electron chi connectivity index (χ2n) is 8.47. The summed E-state index contributed by atoms with van der Waals surface area (Å²) in [6, 6.07) is 5.39. The first kappa shape index (κ1) is 24.0. The van der Waals surface area contributed by atoms with Gasteiger partial charge >= 0.3 is 12.1 Å². The van der Waals surface area contributed by atoms with Gasteiger partial charge in [-0.3, -0.25) is 10.2 Å². The number of benzene rings is 1. The average Bonchev–Trinajstić information content (AvgIpc) is 2.67. The highest BCUT2D eigenvalue weighted by atomic mass is 16.6. The summed E-state index contributed by atoms with van der Waals surface area (Å²) in [5.41, 5.74) is 6.29. The Morgan fingerprint density at radius 2 is 1.94 bits per heavy atom. The Labute approximate surface area is 181 Å². The number of hydrogen-bond acceptors (Lipinski definition) is 5. The van der Waals surface area contributed by atoms with Crippen LogP contribution in [0.2, 0.25) is 0 Å². The lowest BCUT2D eigenvalue weighted by Gasteiger charge is -2.37. The van der Waals surface area contributed by atoms with Crippen molar-refractivity contribution in [2.24, 2.45) is 5.73 Å². The number of amides is 2. The number of fused-ring (bicyclic) bond motifs is 1. The highest BCUT2D eigenvalue weighted by Gasteiger charge is 2.38. The number of carbonyl (C=O) groups excluding carboxylic acids is 2. The van der Waals surface area contributed by atoms with Gasteiger partial charge in [0, 0.05) is 19.5 Å². The van der Waals surface area contributed by atoms with E-state index in [-0.39, 0.29) is 25.3 Å². The van der Waals surface area contributed by atoms with Gasteiger partial charge in [-0.1, -0.05) is 24.3 Å². The molecule has 2 amide bonds. The minimum Gasteiger partial charge on any atom is -0.480 e. The van der Waals surface area contributed by atoms with E-state index in [4.69, 9.17) is 15.9 Å². The molecule has 0 radical (unpaired) electrons. The maximum Gasteiger partial charge on any atom is 0.408 e. The van der Waals surface area contributed by atoms with Crippen molar-refractivity contribution in [1.82, 2.24) is 15.5 Å². The Morgan fingerprint density at radius 1 is 1.29 bits per heavy atom. The number of carbonyl (C=O) groups is 3. The molecule has 1 aromatic rings. The molecule has 1 aliphatic rings. The van der Waals surface area contributed by atoms with Gasteiger partial charge in [0.15, 0.2) is 5.96 Å². The van der Waals surface area contributed by atoms with Gasteiger partial charge in [0.1, 0.15) is 17.7 Å². The maximum absolute atomic E-state index is 13.4. The van der Waals surface area contributed by atoms with Crippen molar-refractivity contribution >= 4 is 23.9 Å². The summed E-state index contributed by atoms with van der Waals surface area (Å²) < 4.78 is 5.27. The van der Waals surface area contributed by atoms with E-state index in [1.165, 1.54) is 4.90 Å². The molecule has 0 aliphatic carbocycles. The van der Waals surface area contributed by atoms with Crippen LogP contribution in [-0.2, 0) is 27.3 Å². The van der Waals surface area contributed by atoms with Crippen molar-refractivity contribution in [1.29, 1.82) is 5.41 Å². The predicted octanol–water partition coefficient (Wildman–Crippen LogP) is 1.18. The zero-order chi connectivity index (χ0) is 23.2. The minimum absolute atomic E-state index is 0.143. The second-order valence-corrected chi connectivity index (χ2v) is 8.47. The second kappa shape index (κ2) is 10.1. The molecular weight excluding hydrogens is 402 g/mol. The summed E-state index contributed by atoms with van der Waals surface area (Å²) >= 11 is 0. The van der Waals surface area contributed by atoms with Crippen LogP contribution in [0.15, 0.2) is 24.3 Å². The normalized spacial score (nSPS) is 16.6. The molecular formula is C21H31N5O5. The first-order chi connectivity index (χ1) is 14.5. The third kappa shape index (κ3) is 7.16. The van der Waals surface area contributed by atoms with Gasteiger partial charge in [-0.15, -0.1) is 0 Å². The van der Waals surface area contributed by atoms with Gasteiger partial charge in [0.2, 0.25) is 5.91 Å². The number of carboxylic acid groups (broad SMARTS) is 1. The van der Waals surface area contributed by atoms with Crippen molar-refractivity contribution in [2.45, 2.75) is 64.3 Å². The molecule has 0 spiro atoms. The van der Waals surface area contributed by atoms with Crippen LogP contribution >= 0.6 is 0 Å². The average molecular weight is 434 g/mol. The lowest BCUT2D eigenvalue weighted by Crippen LogP contribution is -2.56. The number of aliphatic carboxylic acids is 1. The quantitative estimate of drug-likeness (QED) is 0.245. The Kier molecular flexibility index (Phi) is 7.84. The lowest BCUT2D eigenvalue weighted by molar-refractivity contribution is -0.152. The molecule has 10 heteroatoms. The van der Waals surface area contributed by atoms with Gasteiger partial charge in [-0.25, -0.2) is 9.59 Å². The van der Waals surface area contributed by atoms with Gasteiger partial charge in [-0.2, -0.15) is 0 Å². The highest BCUT2D eigenvalue weighted by molar-refractivity contribution is 5.90. The lowest BCUT2D eigenvalue weighted by atomic mass is 9.93. The number of hydrogen-bond donors (Lipinski definition) is 5. The molecule has 10 nitrogen and oxygen atoms in total. The predicted molar refractivity (Wildman–Crippen MR) is 114 cm³/mol. The topological polar surface area (TPSA) is 158 Å². The van der Waals surface area contributed by atoms with E-state index in [9.17, 15) is 19.5 Å². The summed E-state index contributed by atoms with van der Waals surface area (Å²) in [6.07, 6.45) is 0.0914. The van der Waals surface area contributed by atoms with Crippen molar-refractivity contribution in [3.8, 4) is 0 Å². The largest absolute Gasteiger partial charge is 0.480 e. The number of nitrogens with one attached hydrogen (secondary N) is 3.